The van der Waals surface area contributed by atoms with Gasteiger partial charge in [-0.2, -0.15) is 0 Å². The molecular formula is C16H24. The molecule has 0 heteroatoms. The van der Waals surface area contributed by atoms with Crippen LogP contribution in [0.3, 0.4) is 0 Å². The van der Waals surface area contributed by atoms with Gasteiger partial charge in [0, 0.05) is 0 Å². The van der Waals surface area contributed by atoms with Gasteiger partial charge in [0.05, 0.1) is 0 Å². The normalized spacial score (nSPS) is 15.9. The van der Waals surface area contributed by atoms with E-state index in [1.54, 1.807) is 0 Å². The van der Waals surface area contributed by atoms with E-state index in [-0.39, 0.29) is 0 Å². The van der Waals surface area contributed by atoms with Crippen LogP contribution >= 0.6 is 0 Å². The molecule has 0 aromatic heterocycles. The highest BCUT2D eigenvalue weighted by Gasteiger charge is 2.08. The molecule has 0 aliphatic carbocycles. The van der Waals surface area contributed by atoms with Crippen LogP contribution in [0.25, 0.3) is 6.08 Å². The highest BCUT2D eigenvalue weighted by molar-refractivity contribution is 5.52. The molecule has 0 bridgehead atoms. The molecule has 0 spiro atoms. The SMILES string of the molecule is CCC(C)CC(C)/C(C)=C/c1ccccc1. The summed E-state index contributed by atoms with van der Waals surface area (Å²) < 4.78 is 0. The Bertz CT molecular complexity index is 321. The molecule has 1 rings (SSSR count). The van der Waals surface area contributed by atoms with Crippen molar-refractivity contribution in [1.29, 1.82) is 0 Å². The zero-order valence-electron chi connectivity index (χ0n) is 11.0. The maximum absolute atomic E-state index is 2.34. The second-order valence-corrected chi connectivity index (χ2v) is 4.95. The number of hydrogen-bond acceptors (Lipinski definition) is 0. The maximum atomic E-state index is 2.34. The van der Waals surface area contributed by atoms with E-state index < -0.39 is 0 Å². The fourth-order valence-electron chi connectivity index (χ4n) is 1.91. The summed E-state index contributed by atoms with van der Waals surface area (Å²) in [5.74, 6) is 1.52. The minimum absolute atomic E-state index is 0.690. The lowest BCUT2D eigenvalue weighted by atomic mass is 9.89. The zero-order valence-corrected chi connectivity index (χ0v) is 11.0. The van der Waals surface area contributed by atoms with Gasteiger partial charge in [0.25, 0.3) is 0 Å². The van der Waals surface area contributed by atoms with Gasteiger partial charge in [-0.3, -0.25) is 0 Å². The van der Waals surface area contributed by atoms with E-state index in [2.05, 4.69) is 64.1 Å². The molecule has 0 saturated heterocycles. The Labute approximate surface area is 100 Å². The Morgan fingerprint density at radius 3 is 2.38 bits per heavy atom. The lowest BCUT2D eigenvalue weighted by Gasteiger charge is -2.16. The van der Waals surface area contributed by atoms with Crippen molar-refractivity contribution in [3.63, 3.8) is 0 Å². The van der Waals surface area contributed by atoms with Crippen LogP contribution in [0.15, 0.2) is 35.9 Å². The topological polar surface area (TPSA) is 0 Å². The lowest BCUT2D eigenvalue weighted by molar-refractivity contribution is 0.443. The molecule has 1 aromatic carbocycles. The van der Waals surface area contributed by atoms with E-state index in [0.717, 1.165) is 5.92 Å². The summed E-state index contributed by atoms with van der Waals surface area (Å²) in [5.41, 5.74) is 2.81. The zero-order chi connectivity index (χ0) is 12.0. The van der Waals surface area contributed by atoms with Gasteiger partial charge in [-0.25, -0.2) is 0 Å². The van der Waals surface area contributed by atoms with Crippen molar-refractivity contribution in [3.05, 3.63) is 41.5 Å². The first-order valence-electron chi connectivity index (χ1n) is 6.36. The van der Waals surface area contributed by atoms with Crippen molar-refractivity contribution >= 4 is 6.08 Å². The van der Waals surface area contributed by atoms with Crippen molar-refractivity contribution in [1.82, 2.24) is 0 Å². The fraction of sp³-hybridized carbons (Fsp3) is 0.500. The molecule has 2 atom stereocenters. The summed E-state index contributed by atoms with van der Waals surface area (Å²) in [6.07, 6.45) is 4.89. The van der Waals surface area contributed by atoms with Crippen LogP contribution in [0, 0.1) is 11.8 Å². The summed E-state index contributed by atoms with van der Waals surface area (Å²) in [6.45, 7) is 9.20. The summed E-state index contributed by atoms with van der Waals surface area (Å²) in [4.78, 5) is 0. The predicted molar refractivity (Wildman–Crippen MR) is 73.3 cm³/mol. The maximum Gasteiger partial charge on any atom is -0.0229 e. The third-order valence-electron chi connectivity index (χ3n) is 3.42. The Morgan fingerprint density at radius 2 is 1.81 bits per heavy atom. The molecule has 0 saturated carbocycles. The molecule has 0 aliphatic heterocycles. The molecule has 0 heterocycles. The highest BCUT2D eigenvalue weighted by atomic mass is 14.1. The van der Waals surface area contributed by atoms with E-state index in [9.17, 15) is 0 Å². The summed E-state index contributed by atoms with van der Waals surface area (Å²) in [5, 5.41) is 0. The largest absolute Gasteiger partial charge is 0.0699 e. The monoisotopic (exact) mass is 216 g/mol. The van der Waals surface area contributed by atoms with E-state index in [1.807, 2.05) is 0 Å². The van der Waals surface area contributed by atoms with E-state index in [1.165, 1.54) is 24.0 Å². The summed E-state index contributed by atoms with van der Waals surface area (Å²) >= 11 is 0. The van der Waals surface area contributed by atoms with Crippen molar-refractivity contribution in [2.45, 2.75) is 40.5 Å². The van der Waals surface area contributed by atoms with Crippen molar-refractivity contribution in [2.24, 2.45) is 11.8 Å². The van der Waals surface area contributed by atoms with Crippen molar-refractivity contribution in [2.75, 3.05) is 0 Å². The second-order valence-electron chi connectivity index (χ2n) is 4.95. The lowest BCUT2D eigenvalue weighted by Crippen LogP contribution is -2.03. The third kappa shape index (κ3) is 4.22. The van der Waals surface area contributed by atoms with Gasteiger partial charge >= 0.3 is 0 Å². The molecule has 0 nitrogen and oxygen atoms in total. The molecule has 0 amide bonds. The van der Waals surface area contributed by atoms with Gasteiger partial charge in [-0.15, -0.1) is 0 Å². The summed E-state index contributed by atoms with van der Waals surface area (Å²) in [6, 6.07) is 10.6. The second kappa shape index (κ2) is 6.52. The van der Waals surface area contributed by atoms with Gasteiger partial charge in [0.2, 0.25) is 0 Å². The smallest absolute Gasteiger partial charge is 0.0229 e. The van der Waals surface area contributed by atoms with Crippen LogP contribution in [-0.4, -0.2) is 0 Å². The first-order chi connectivity index (χ1) is 7.63. The van der Waals surface area contributed by atoms with Gasteiger partial charge in [-0.1, -0.05) is 69.2 Å². The molecule has 0 N–H and O–H groups in total. The van der Waals surface area contributed by atoms with Gasteiger partial charge in [0.15, 0.2) is 0 Å². The molecule has 1 aromatic rings. The van der Waals surface area contributed by atoms with Crippen LogP contribution in [0.1, 0.15) is 46.1 Å². The number of benzene rings is 1. The van der Waals surface area contributed by atoms with Crippen LogP contribution in [0.2, 0.25) is 0 Å². The molecule has 0 fully saturated rings. The van der Waals surface area contributed by atoms with Gasteiger partial charge < -0.3 is 0 Å². The van der Waals surface area contributed by atoms with Gasteiger partial charge in [-0.05, 0) is 30.7 Å². The first kappa shape index (κ1) is 13.0. The van der Waals surface area contributed by atoms with E-state index >= 15 is 0 Å². The Balaban J connectivity index is 2.63. The average Bonchev–Trinajstić information content (AvgIpc) is 2.30. The number of hydrogen-bond donors (Lipinski definition) is 0. The third-order valence-corrected chi connectivity index (χ3v) is 3.42. The van der Waals surface area contributed by atoms with Gasteiger partial charge in [0.1, 0.15) is 0 Å². The van der Waals surface area contributed by atoms with Crippen LogP contribution in [0.5, 0.6) is 0 Å². The Morgan fingerprint density at radius 1 is 1.19 bits per heavy atom. The Kier molecular flexibility index (Phi) is 5.31. The Hall–Kier alpha value is -1.04. The van der Waals surface area contributed by atoms with Crippen LogP contribution in [-0.2, 0) is 0 Å². The van der Waals surface area contributed by atoms with Crippen LogP contribution in [0.4, 0.5) is 0 Å². The predicted octanol–water partition coefficient (Wildman–Crippen LogP) is 5.16. The fourth-order valence-corrected chi connectivity index (χ4v) is 1.91. The standard InChI is InChI=1S/C16H24/c1-5-13(2)11-14(3)15(4)12-16-9-7-6-8-10-16/h6-10,12-14H,5,11H2,1-4H3/b15-12+. The molecule has 2 unspecified atom stereocenters. The molecule has 16 heavy (non-hydrogen) atoms. The van der Waals surface area contributed by atoms with Crippen LogP contribution < -0.4 is 0 Å². The minimum Gasteiger partial charge on any atom is -0.0699 e. The molecule has 0 radical (unpaired) electrons. The molecule has 88 valence electrons. The number of rotatable bonds is 5. The molecular weight excluding hydrogens is 192 g/mol. The number of allylic oxidation sites excluding steroid dienone is 1. The summed E-state index contributed by atoms with van der Waals surface area (Å²) in [7, 11) is 0. The quantitative estimate of drug-likeness (QED) is 0.637. The van der Waals surface area contributed by atoms with Crippen molar-refractivity contribution in [3.8, 4) is 0 Å². The van der Waals surface area contributed by atoms with E-state index in [0.29, 0.717) is 5.92 Å². The first-order valence-corrected chi connectivity index (χ1v) is 6.36. The van der Waals surface area contributed by atoms with E-state index in [4.69, 9.17) is 0 Å². The van der Waals surface area contributed by atoms with Crippen molar-refractivity contribution < 1.29 is 0 Å². The molecule has 0 aliphatic rings. The average molecular weight is 216 g/mol. The minimum atomic E-state index is 0.690. The highest BCUT2D eigenvalue weighted by Crippen LogP contribution is 2.22.